The number of hydrogen-bond donors (Lipinski definition) is 0. The molecule has 1 atom stereocenters. The molecular formula is C50H84O6. The van der Waals surface area contributed by atoms with E-state index in [1.165, 1.54) is 83.5 Å². The van der Waals surface area contributed by atoms with Gasteiger partial charge in [0.15, 0.2) is 6.10 Å². The van der Waals surface area contributed by atoms with Crippen molar-refractivity contribution in [3.63, 3.8) is 0 Å². The van der Waals surface area contributed by atoms with Crippen LogP contribution >= 0.6 is 0 Å². The molecule has 0 spiro atoms. The van der Waals surface area contributed by atoms with Crippen LogP contribution < -0.4 is 0 Å². The molecule has 0 aromatic heterocycles. The van der Waals surface area contributed by atoms with E-state index >= 15 is 0 Å². The first-order chi connectivity index (χ1) is 27.5. The van der Waals surface area contributed by atoms with E-state index in [1.807, 2.05) is 12.2 Å². The number of hydrogen-bond acceptors (Lipinski definition) is 6. The first kappa shape index (κ1) is 52.9. The van der Waals surface area contributed by atoms with Gasteiger partial charge in [0.2, 0.25) is 0 Å². The summed E-state index contributed by atoms with van der Waals surface area (Å²) in [6, 6.07) is 0. The quantitative estimate of drug-likeness (QED) is 0.0267. The zero-order chi connectivity index (χ0) is 40.8. The fraction of sp³-hybridized carbons (Fsp3) is 0.700. The van der Waals surface area contributed by atoms with E-state index in [0.29, 0.717) is 19.3 Å². The molecule has 0 rings (SSSR count). The van der Waals surface area contributed by atoms with E-state index in [0.717, 1.165) is 77.0 Å². The number of carbonyl (C=O) groups is 3. The maximum atomic E-state index is 12.7. The highest BCUT2D eigenvalue weighted by Gasteiger charge is 2.19. The van der Waals surface area contributed by atoms with Crippen molar-refractivity contribution >= 4 is 17.9 Å². The van der Waals surface area contributed by atoms with Gasteiger partial charge in [-0.1, -0.05) is 203 Å². The lowest BCUT2D eigenvalue weighted by Gasteiger charge is -2.18. The lowest BCUT2D eigenvalue weighted by atomic mass is 10.0. The maximum Gasteiger partial charge on any atom is 0.306 e. The summed E-state index contributed by atoms with van der Waals surface area (Å²) in [5.74, 6) is -0.999. The number of unbranched alkanes of at least 4 members (excludes halogenated alkanes) is 17. The normalized spacial score (nSPS) is 12.7. The van der Waals surface area contributed by atoms with Crippen LogP contribution in [0, 0.1) is 0 Å². The van der Waals surface area contributed by atoms with Crippen molar-refractivity contribution in [2.75, 3.05) is 13.2 Å². The van der Waals surface area contributed by atoms with Crippen LogP contribution in [0.15, 0.2) is 72.9 Å². The fourth-order valence-corrected chi connectivity index (χ4v) is 6.05. The highest BCUT2D eigenvalue weighted by molar-refractivity contribution is 5.71. The first-order valence-corrected chi connectivity index (χ1v) is 22.9. The molecule has 0 aromatic rings. The Labute approximate surface area is 344 Å². The summed E-state index contributed by atoms with van der Waals surface area (Å²) in [5, 5.41) is 0. The lowest BCUT2D eigenvalue weighted by molar-refractivity contribution is -0.166. The molecule has 56 heavy (non-hydrogen) atoms. The summed E-state index contributed by atoms with van der Waals surface area (Å²) in [4.78, 5) is 37.5. The summed E-state index contributed by atoms with van der Waals surface area (Å²) in [7, 11) is 0. The Morgan fingerprint density at radius 3 is 1.09 bits per heavy atom. The molecule has 0 amide bonds. The third-order valence-corrected chi connectivity index (χ3v) is 9.49. The molecule has 0 radical (unpaired) electrons. The lowest BCUT2D eigenvalue weighted by Crippen LogP contribution is -2.30. The molecule has 0 N–H and O–H groups in total. The summed E-state index contributed by atoms with van der Waals surface area (Å²) < 4.78 is 16.6. The number of ether oxygens (including phenoxy) is 3. The summed E-state index contributed by atoms with van der Waals surface area (Å²) >= 11 is 0. The highest BCUT2D eigenvalue weighted by Crippen LogP contribution is 2.14. The van der Waals surface area contributed by atoms with Gasteiger partial charge in [0.1, 0.15) is 13.2 Å². The average Bonchev–Trinajstić information content (AvgIpc) is 3.19. The molecule has 0 aliphatic rings. The molecule has 1 unspecified atom stereocenters. The van der Waals surface area contributed by atoms with Gasteiger partial charge in [0, 0.05) is 19.3 Å². The Balaban J connectivity index is 4.38. The highest BCUT2D eigenvalue weighted by atomic mass is 16.6. The van der Waals surface area contributed by atoms with Gasteiger partial charge in [-0.25, -0.2) is 0 Å². The maximum absolute atomic E-state index is 12.7. The zero-order valence-corrected chi connectivity index (χ0v) is 36.4. The van der Waals surface area contributed by atoms with E-state index in [-0.39, 0.29) is 37.5 Å². The second kappa shape index (κ2) is 44.6. The molecule has 0 bridgehead atoms. The second-order valence-electron chi connectivity index (χ2n) is 14.9. The Morgan fingerprint density at radius 2 is 0.696 bits per heavy atom. The number of carbonyl (C=O) groups excluding carboxylic acids is 3. The third kappa shape index (κ3) is 42.0. The Morgan fingerprint density at radius 1 is 0.375 bits per heavy atom. The molecule has 0 aliphatic carbocycles. The van der Waals surface area contributed by atoms with Gasteiger partial charge in [-0.15, -0.1) is 0 Å². The van der Waals surface area contributed by atoms with Gasteiger partial charge >= 0.3 is 17.9 Å². The van der Waals surface area contributed by atoms with Crippen molar-refractivity contribution in [2.45, 2.75) is 213 Å². The smallest absolute Gasteiger partial charge is 0.306 e. The third-order valence-electron chi connectivity index (χ3n) is 9.49. The van der Waals surface area contributed by atoms with Crippen LogP contribution in [0.5, 0.6) is 0 Å². The monoisotopic (exact) mass is 781 g/mol. The molecular weight excluding hydrogens is 697 g/mol. The Bertz CT molecular complexity index is 1080. The van der Waals surface area contributed by atoms with Crippen molar-refractivity contribution in [1.29, 1.82) is 0 Å². The zero-order valence-electron chi connectivity index (χ0n) is 36.4. The van der Waals surface area contributed by atoms with Gasteiger partial charge in [0.25, 0.3) is 0 Å². The van der Waals surface area contributed by atoms with Crippen LogP contribution in [0.25, 0.3) is 0 Å². The van der Waals surface area contributed by atoms with E-state index in [1.54, 1.807) is 0 Å². The Kier molecular flexibility index (Phi) is 42.1. The summed E-state index contributed by atoms with van der Waals surface area (Å²) in [6.45, 7) is 6.38. The molecule has 0 saturated heterocycles. The van der Waals surface area contributed by atoms with E-state index in [9.17, 15) is 14.4 Å². The van der Waals surface area contributed by atoms with Crippen LogP contribution in [0.4, 0.5) is 0 Å². The molecule has 0 heterocycles. The predicted octanol–water partition coefficient (Wildman–Crippen LogP) is 14.7. The molecule has 320 valence electrons. The predicted molar refractivity (Wildman–Crippen MR) is 238 cm³/mol. The number of allylic oxidation sites excluding steroid dienone is 12. The minimum Gasteiger partial charge on any atom is -0.462 e. The van der Waals surface area contributed by atoms with Crippen LogP contribution in [0.3, 0.4) is 0 Å². The molecule has 0 aromatic carbocycles. The largest absolute Gasteiger partial charge is 0.462 e. The van der Waals surface area contributed by atoms with Gasteiger partial charge in [-0.2, -0.15) is 0 Å². The topological polar surface area (TPSA) is 78.9 Å². The molecule has 0 saturated carbocycles. The summed E-state index contributed by atoms with van der Waals surface area (Å²) in [6.07, 6.45) is 54.9. The van der Waals surface area contributed by atoms with Crippen LogP contribution in [0.2, 0.25) is 0 Å². The van der Waals surface area contributed by atoms with Crippen LogP contribution in [0.1, 0.15) is 207 Å². The minimum absolute atomic E-state index is 0.0978. The second-order valence-corrected chi connectivity index (χ2v) is 14.9. The van der Waals surface area contributed by atoms with Crippen molar-refractivity contribution in [1.82, 2.24) is 0 Å². The van der Waals surface area contributed by atoms with E-state index in [4.69, 9.17) is 14.2 Å². The van der Waals surface area contributed by atoms with Crippen molar-refractivity contribution < 1.29 is 28.6 Å². The van der Waals surface area contributed by atoms with Gasteiger partial charge in [-0.3, -0.25) is 14.4 Å². The van der Waals surface area contributed by atoms with Gasteiger partial charge in [0.05, 0.1) is 0 Å². The fourth-order valence-electron chi connectivity index (χ4n) is 6.05. The molecule has 0 fully saturated rings. The standard InChI is InChI=1S/C50H84O6/c1-4-7-10-13-16-18-20-22-23-24-25-26-27-29-30-32-34-37-40-43-49(52)55-46-47(45-54-48(51)42-39-36-15-12-9-6-3)56-50(53)44-41-38-35-33-31-28-21-19-17-14-11-8-5-2/h7,10,16,18,22-23,25-26,29-30,34,37,47H,4-6,8-9,11-15,17,19-21,24,27-28,31-33,35-36,38-46H2,1-3H3/b10-7-,18-16-,23-22-,26-25-,30-29-,37-34-. The minimum atomic E-state index is -0.798. The SMILES string of the molecule is CC/C=C\C/C=C\C/C=C\C/C=C\C/C=C\C/C=C\CCC(=O)OCC(COC(=O)CCCCCCCC)OC(=O)CCCCCCCCCCCCCCC. The summed E-state index contributed by atoms with van der Waals surface area (Å²) in [5.41, 5.74) is 0. The molecule has 0 aliphatic heterocycles. The van der Waals surface area contributed by atoms with Crippen LogP contribution in [-0.2, 0) is 28.6 Å². The van der Waals surface area contributed by atoms with Gasteiger partial charge < -0.3 is 14.2 Å². The Hall–Kier alpha value is -3.15. The molecule has 6 nitrogen and oxygen atoms in total. The molecule has 6 heteroatoms. The van der Waals surface area contributed by atoms with E-state index < -0.39 is 6.10 Å². The van der Waals surface area contributed by atoms with Crippen LogP contribution in [-0.4, -0.2) is 37.2 Å². The number of rotatable bonds is 40. The van der Waals surface area contributed by atoms with E-state index in [2.05, 4.69) is 81.5 Å². The van der Waals surface area contributed by atoms with Gasteiger partial charge in [-0.05, 0) is 57.8 Å². The average molecular weight is 781 g/mol. The first-order valence-electron chi connectivity index (χ1n) is 22.9. The van der Waals surface area contributed by atoms with Crippen molar-refractivity contribution in [3.8, 4) is 0 Å². The van der Waals surface area contributed by atoms with Crippen molar-refractivity contribution in [3.05, 3.63) is 72.9 Å². The number of esters is 3. The van der Waals surface area contributed by atoms with Crippen molar-refractivity contribution in [2.24, 2.45) is 0 Å².